The Hall–Kier alpha value is -0.0800. The van der Waals surface area contributed by atoms with Gasteiger partial charge in [-0.15, -0.1) is 0 Å². The van der Waals surface area contributed by atoms with Gasteiger partial charge in [0.05, 0.1) is 11.7 Å². The van der Waals surface area contributed by atoms with Gasteiger partial charge in [-0.2, -0.15) is 0 Å². The number of aliphatic hydroxyl groups is 1. The Morgan fingerprint density at radius 1 is 1.33 bits per heavy atom. The lowest BCUT2D eigenvalue weighted by Crippen LogP contribution is -2.24. The predicted octanol–water partition coefficient (Wildman–Crippen LogP) is 3.13. The maximum Gasteiger partial charge on any atom is 0.0622 e. The van der Waals surface area contributed by atoms with Crippen LogP contribution in [0.25, 0.3) is 0 Å². The SMILES string of the molecule is COC(C)(C)CCCC(O)C1CCCC1. The molecule has 0 aromatic carbocycles. The minimum Gasteiger partial charge on any atom is -0.393 e. The standard InChI is InChI=1S/C13H26O2/c1-13(2,15-3)10-6-9-12(14)11-7-4-5-8-11/h11-12,14H,4-10H2,1-3H3. The molecule has 2 nitrogen and oxygen atoms in total. The van der Waals surface area contributed by atoms with Crippen LogP contribution in [0.15, 0.2) is 0 Å². The highest BCUT2D eigenvalue weighted by Gasteiger charge is 2.23. The van der Waals surface area contributed by atoms with E-state index in [1.165, 1.54) is 25.7 Å². The van der Waals surface area contributed by atoms with Crippen LogP contribution in [0.1, 0.15) is 58.8 Å². The van der Waals surface area contributed by atoms with Crippen molar-refractivity contribution in [2.24, 2.45) is 5.92 Å². The van der Waals surface area contributed by atoms with Crippen LogP contribution in [0.3, 0.4) is 0 Å². The van der Waals surface area contributed by atoms with E-state index >= 15 is 0 Å². The summed E-state index contributed by atoms with van der Waals surface area (Å²) in [6, 6.07) is 0. The van der Waals surface area contributed by atoms with E-state index in [1.54, 1.807) is 7.11 Å². The molecular formula is C13H26O2. The second kappa shape index (κ2) is 5.86. The molecule has 0 spiro atoms. The Kier molecular flexibility index (Phi) is 5.07. The quantitative estimate of drug-likeness (QED) is 0.736. The molecule has 1 aliphatic rings. The normalized spacial score (nSPS) is 20.8. The molecule has 0 heterocycles. The van der Waals surface area contributed by atoms with Gasteiger partial charge in [0, 0.05) is 7.11 Å². The van der Waals surface area contributed by atoms with Gasteiger partial charge in [0.1, 0.15) is 0 Å². The van der Waals surface area contributed by atoms with Gasteiger partial charge in [-0.3, -0.25) is 0 Å². The molecule has 0 radical (unpaired) electrons. The zero-order valence-corrected chi connectivity index (χ0v) is 10.5. The Labute approximate surface area is 94.0 Å². The maximum atomic E-state index is 9.98. The summed E-state index contributed by atoms with van der Waals surface area (Å²) in [5, 5.41) is 9.98. The molecule has 0 aliphatic heterocycles. The first-order valence-corrected chi connectivity index (χ1v) is 6.28. The molecule has 90 valence electrons. The highest BCUT2D eigenvalue weighted by molar-refractivity contribution is 4.76. The molecule has 1 rings (SSSR count). The summed E-state index contributed by atoms with van der Waals surface area (Å²) < 4.78 is 5.36. The van der Waals surface area contributed by atoms with Gasteiger partial charge in [-0.25, -0.2) is 0 Å². The molecule has 1 N–H and O–H groups in total. The molecule has 1 atom stereocenters. The fourth-order valence-corrected chi connectivity index (χ4v) is 2.42. The van der Waals surface area contributed by atoms with Crippen LogP contribution in [0.2, 0.25) is 0 Å². The average Bonchev–Trinajstić information content (AvgIpc) is 2.70. The van der Waals surface area contributed by atoms with E-state index in [0.29, 0.717) is 5.92 Å². The molecule has 0 amide bonds. The van der Waals surface area contributed by atoms with E-state index in [2.05, 4.69) is 13.8 Å². The summed E-state index contributed by atoms with van der Waals surface area (Å²) in [6.45, 7) is 4.21. The molecule has 0 aromatic rings. The van der Waals surface area contributed by atoms with Crippen molar-refractivity contribution in [1.29, 1.82) is 0 Å². The van der Waals surface area contributed by atoms with Gasteiger partial charge in [0.15, 0.2) is 0 Å². The summed E-state index contributed by atoms with van der Waals surface area (Å²) in [4.78, 5) is 0. The van der Waals surface area contributed by atoms with Gasteiger partial charge in [0.25, 0.3) is 0 Å². The van der Waals surface area contributed by atoms with Crippen molar-refractivity contribution in [2.45, 2.75) is 70.5 Å². The van der Waals surface area contributed by atoms with Crippen LogP contribution in [0.4, 0.5) is 0 Å². The summed E-state index contributed by atoms with van der Waals surface area (Å²) in [7, 11) is 1.76. The number of hydrogen-bond donors (Lipinski definition) is 1. The van der Waals surface area contributed by atoms with E-state index in [0.717, 1.165) is 19.3 Å². The monoisotopic (exact) mass is 214 g/mol. The molecule has 0 bridgehead atoms. The van der Waals surface area contributed by atoms with E-state index in [4.69, 9.17) is 4.74 Å². The lowest BCUT2D eigenvalue weighted by Gasteiger charge is -2.24. The summed E-state index contributed by atoms with van der Waals surface area (Å²) >= 11 is 0. The van der Waals surface area contributed by atoms with Crippen molar-refractivity contribution in [3.05, 3.63) is 0 Å². The van der Waals surface area contributed by atoms with Crippen LogP contribution in [-0.4, -0.2) is 23.9 Å². The third-order valence-electron chi connectivity index (χ3n) is 3.78. The van der Waals surface area contributed by atoms with Crippen molar-refractivity contribution in [1.82, 2.24) is 0 Å². The van der Waals surface area contributed by atoms with Gasteiger partial charge in [0.2, 0.25) is 0 Å². The van der Waals surface area contributed by atoms with E-state index in [-0.39, 0.29) is 11.7 Å². The average molecular weight is 214 g/mol. The summed E-state index contributed by atoms with van der Waals surface area (Å²) in [6.07, 6.45) is 8.06. The fourth-order valence-electron chi connectivity index (χ4n) is 2.42. The zero-order valence-electron chi connectivity index (χ0n) is 10.5. The van der Waals surface area contributed by atoms with Crippen LogP contribution < -0.4 is 0 Å². The summed E-state index contributed by atoms with van der Waals surface area (Å²) in [5.74, 6) is 0.579. The number of methoxy groups -OCH3 is 1. The van der Waals surface area contributed by atoms with E-state index in [9.17, 15) is 5.11 Å². The van der Waals surface area contributed by atoms with Gasteiger partial charge in [-0.1, -0.05) is 12.8 Å². The molecule has 1 unspecified atom stereocenters. The second-order valence-electron chi connectivity index (χ2n) is 5.47. The van der Waals surface area contributed by atoms with Crippen molar-refractivity contribution in [2.75, 3.05) is 7.11 Å². The molecule has 2 heteroatoms. The van der Waals surface area contributed by atoms with E-state index < -0.39 is 0 Å². The third kappa shape index (κ3) is 4.52. The zero-order chi connectivity index (χ0) is 11.3. The molecule has 1 fully saturated rings. The first-order chi connectivity index (χ1) is 7.05. The third-order valence-corrected chi connectivity index (χ3v) is 3.78. The highest BCUT2D eigenvalue weighted by atomic mass is 16.5. The molecule has 0 aromatic heterocycles. The largest absolute Gasteiger partial charge is 0.393 e. The minimum absolute atomic E-state index is 0.0323. The molecule has 1 aliphatic carbocycles. The van der Waals surface area contributed by atoms with Gasteiger partial charge < -0.3 is 9.84 Å². The number of aliphatic hydroxyl groups excluding tert-OH is 1. The Morgan fingerprint density at radius 3 is 2.47 bits per heavy atom. The number of hydrogen-bond acceptors (Lipinski definition) is 2. The topological polar surface area (TPSA) is 29.5 Å². The van der Waals surface area contributed by atoms with Crippen molar-refractivity contribution in [3.8, 4) is 0 Å². The smallest absolute Gasteiger partial charge is 0.0622 e. The van der Waals surface area contributed by atoms with Crippen LogP contribution in [0.5, 0.6) is 0 Å². The predicted molar refractivity (Wildman–Crippen MR) is 62.9 cm³/mol. The summed E-state index contributed by atoms with van der Waals surface area (Å²) in [5.41, 5.74) is -0.0323. The lowest BCUT2D eigenvalue weighted by atomic mass is 9.93. The number of rotatable bonds is 6. The van der Waals surface area contributed by atoms with Crippen LogP contribution >= 0.6 is 0 Å². The molecule has 15 heavy (non-hydrogen) atoms. The van der Waals surface area contributed by atoms with Crippen molar-refractivity contribution < 1.29 is 9.84 Å². The Balaban J connectivity index is 2.13. The Morgan fingerprint density at radius 2 is 1.93 bits per heavy atom. The van der Waals surface area contributed by atoms with E-state index in [1.807, 2.05) is 0 Å². The van der Waals surface area contributed by atoms with Crippen molar-refractivity contribution in [3.63, 3.8) is 0 Å². The van der Waals surface area contributed by atoms with Crippen LogP contribution in [0, 0.1) is 5.92 Å². The minimum atomic E-state index is -0.0693. The van der Waals surface area contributed by atoms with Crippen LogP contribution in [-0.2, 0) is 4.74 Å². The van der Waals surface area contributed by atoms with Crippen molar-refractivity contribution >= 4 is 0 Å². The molecular weight excluding hydrogens is 188 g/mol. The highest BCUT2D eigenvalue weighted by Crippen LogP contribution is 2.30. The molecule has 0 saturated heterocycles. The first-order valence-electron chi connectivity index (χ1n) is 6.28. The molecule has 1 saturated carbocycles. The lowest BCUT2D eigenvalue weighted by molar-refractivity contribution is 0.00839. The second-order valence-corrected chi connectivity index (χ2v) is 5.47. The Bertz CT molecular complexity index is 171. The first kappa shape index (κ1) is 13.0. The van der Waals surface area contributed by atoms with Gasteiger partial charge >= 0.3 is 0 Å². The maximum absolute atomic E-state index is 9.98. The van der Waals surface area contributed by atoms with Gasteiger partial charge in [-0.05, 0) is 51.9 Å². The number of ether oxygens (including phenoxy) is 1. The fraction of sp³-hybridized carbons (Fsp3) is 1.00.